The quantitative estimate of drug-likeness (QED) is 0.0254. The number of nitrogens with one attached hydrogen (secondary N) is 1. The summed E-state index contributed by atoms with van der Waals surface area (Å²) in [6.45, 7) is 19.3. The van der Waals surface area contributed by atoms with Gasteiger partial charge in [0.05, 0.1) is 87.1 Å². The van der Waals surface area contributed by atoms with Crippen LogP contribution >= 0.6 is 0 Å². The Morgan fingerprint density at radius 1 is 0.750 bits per heavy atom. The van der Waals surface area contributed by atoms with Crippen LogP contribution in [-0.4, -0.2) is 197 Å². The highest BCUT2D eigenvalue weighted by atomic mass is 16.7. The first-order chi connectivity index (χ1) is 43.5. The van der Waals surface area contributed by atoms with Crippen molar-refractivity contribution in [1.29, 1.82) is 0 Å². The number of hydrogen-bond donors (Lipinski definition) is 5. The number of allylic oxidation sites excluding steroid dienone is 3. The number of ketones is 1. The molecule has 6 aliphatic heterocycles. The number of aliphatic hydroxyl groups excluding tert-OH is 4. The third-order valence-corrected chi connectivity index (χ3v) is 21.4. The summed E-state index contributed by atoms with van der Waals surface area (Å²) in [5.74, 6) is -6.45. The molecule has 4 unspecified atom stereocenters. The molecule has 6 saturated heterocycles. The first-order valence-electron chi connectivity index (χ1n) is 32.6. The Kier molecular flexibility index (Phi) is 21.2. The van der Waals surface area contributed by atoms with Crippen LogP contribution < -0.4 is 5.32 Å². The monoisotopic (exact) mass is 1300 g/mol. The molecular weight excluding hydrogens is 1200 g/mol. The standard InChI is InChI=1S/C66H94N2O24/c1-30-13-17-46(87-54-27-64(10,68(78)79)59(37(8)85-54)67-63(77)80-12)31(2)22-42-44(72)23-39(28-69)26-66(42)61(75)55(62(76)92-66)60(74)65(11)41(30)15-14-40-56(65)32(3)21-33(4)57(40)91-53-25-48(58(36(7)84-53)86-38(9)70)89-51-20-18-47(35(6)83-51)88-52-24-45(73)49(29-81-52)90-50-19-16-43(71)34(5)82-50/h13-15,22-23,28,32-37,40-54,56-59,71-74H,16-21,24-27,29H2,1-12H3,(H,67,77)/b30-13+,31-22+,60-55+/t32-,33-,34-,35-,36-,37+,40-,41-,42+,43?,44-,45+,46-,47?,48+,49?,50-,51-,52-,53-,54-,56+,57-,58-,59-,64-,65+,66?/m0/s1. The molecule has 1 amide bonds. The number of amides is 1. The first kappa shape index (κ1) is 69.8. The number of carbonyl (C=O) groups excluding carboxylic acids is 5. The first-order valence-corrected chi connectivity index (χ1v) is 32.6. The summed E-state index contributed by atoms with van der Waals surface area (Å²) in [5.41, 5.74) is -4.91. The number of methoxy groups -OCH3 is 1. The Balaban J connectivity index is 0.903. The van der Waals surface area contributed by atoms with E-state index >= 15 is 4.79 Å². The number of rotatable bonds is 14. The van der Waals surface area contributed by atoms with Crippen LogP contribution in [0.2, 0.25) is 0 Å². The van der Waals surface area contributed by atoms with Crippen molar-refractivity contribution >= 4 is 30.1 Å². The molecule has 0 aromatic rings. The number of fused-ring (bicyclic) bond motifs is 4. The average Bonchev–Trinajstić information content (AvgIpc) is 1.37. The van der Waals surface area contributed by atoms with Gasteiger partial charge in [0.25, 0.3) is 0 Å². The predicted octanol–water partition coefficient (Wildman–Crippen LogP) is 5.97. The minimum Gasteiger partial charge on any atom is -0.511 e. The van der Waals surface area contributed by atoms with E-state index in [-0.39, 0.29) is 55.8 Å². The Morgan fingerprint density at radius 3 is 2.09 bits per heavy atom. The second kappa shape index (κ2) is 27.9. The number of nitrogens with zero attached hydrogens (tertiary/aromatic N) is 1. The van der Waals surface area contributed by atoms with Crippen molar-refractivity contribution in [3.63, 3.8) is 0 Å². The van der Waals surface area contributed by atoms with Crippen molar-refractivity contribution in [1.82, 2.24) is 5.32 Å². The van der Waals surface area contributed by atoms with Gasteiger partial charge in [-0.05, 0) is 102 Å². The van der Waals surface area contributed by atoms with E-state index in [4.69, 9.17) is 61.6 Å². The molecule has 28 atom stereocenters. The third-order valence-electron chi connectivity index (χ3n) is 21.4. The van der Waals surface area contributed by atoms with E-state index in [0.29, 0.717) is 49.5 Å². The number of nitro groups is 1. The second-order valence-electron chi connectivity index (χ2n) is 27.8. The molecule has 7 fully saturated rings. The molecule has 512 valence electrons. The number of hydrogen-bond acceptors (Lipinski definition) is 24. The molecule has 0 radical (unpaired) electrons. The van der Waals surface area contributed by atoms with Gasteiger partial charge in [0.2, 0.25) is 11.3 Å². The highest BCUT2D eigenvalue weighted by Gasteiger charge is 2.65. The molecule has 4 aliphatic carbocycles. The number of aldehydes is 1. The van der Waals surface area contributed by atoms with E-state index in [0.717, 1.165) is 7.11 Å². The topological polar surface area (TPSA) is 341 Å². The van der Waals surface area contributed by atoms with Crippen molar-refractivity contribution in [2.45, 2.75) is 268 Å². The number of Topliss-reactive ketones (excluding diaryl/α,β-unsaturated/α-hetero) is 1. The number of esters is 2. The number of alkyl carbamates (subject to hydrolysis) is 1. The minimum absolute atomic E-state index is 0.00169. The molecule has 2 bridgehead atoms. The fourth-order valence-electron chi connectivity index (χ4n) is 16.6. The van der Waals surface area contributed by atoms with Crippen molar-refractivity contribution in [2.24, 2.45) is 40.9 Å². The Hall–Kier alpha value is -5.07. The van der Waals surface area contributed by atoms with Gasteiger partial charge in [-0.2, -0.15) is 0 Å². The zero-order valence-electron chi connectivity index (χ0n) is 54.6. The lowest BCUT2D eigenvalue weighted by Gasteiger charge is -2.56. The lowest BCUT2D eigenvalue weighted by atomic mass is 9.49. The van der Waals surface area contributed by atoms with E-state index in [9.17, 15) is 49.7 Å². The van der Waals surface area contributed by atoms with Crippen LogP contribution in [0.1, 0.15) is 140 Å². The van der Waals surface area contributed by atoms with Crippen molar-refractivity contribution < 1.29 is 111 Å². The number of carbonyl (C=O) groups is 5. The Morgan fingerprint density at radius 2 is 1.42 bits per heavy atom. The van der Waals surface area contributed by atoms with Crippen LogP contribution in [0.5, 0.6) is 0 Å². The van der Waals surface area contributed by atoms with Gasteiger partial charge < -0.3 is 87.3 Å². The third kappa shape index (κ3) is 13.7. The average molecular weight is 1300 g/mol. The summed E-state index contributed by atoms with van der Waals surface area (Å²) in [4.78, 5) is 80.4. The van der Waals surface area contributed by atoms with Gasteiger partial charge in [-0.25, -0.2) is 9.59 Å². The number of ether oxygens (including phenoxy) is 13. The number of aliphatic hydroxyl groups is 4. The largest absolute Gasteiger partial charge is 0.511 e. The van der Waals surface area contributed by atoms with Crippen LogP contribution in [0.25, 0.3) is 0 Å². The zero-order valence-corrected chi connectivity index (χ0v) is 54.6. The summed E-state index contributed by atoms with van der Waals surface area (Å²) in [6, 6.07) is -1.12. The van der Waals surface area contributed by atoms with Crippen molar-refractivity contribution in [3.05, 3.63) is 68.5 Å². The summed E-state index contributed by atoms with van der Waals surface area (Å²) in [6.07, 6.45) is -3.48. The maximum Gasteiger partial charge on any atom is 0.407 e. The van der Waals surface area contributed by atoms with Crippen LogP contribution in [0, 0.1) is 51.0 Å². The predicted molar refractivity (Wildman–Crippen MR) is 321 cm³/mol. The van der Waals surface area contributed by atoms with E-state index < -0.39 is 197 Å². The summed E-state index contributed by atoms with van der Waals surface area (Å²) >= 11 is 0. The van der Waals surface area contributed by atoms with Gasteiger partial charge in [0.1, 0.15) is 35.9 Å². The molecule has 10 aliphatic rings. The molecule has 6 heterocycles. The molecule has 5 N–H and O–H groups in total. The van der Waals surface area contributed by atoms with Gasteiger partial charge in [0, 0.05) is 68.1 Å². The van der Waals surface area contributed by atoms with E-state index in [1.165, 1.54) is 19.9 Å². The second-order valence-corrected chi connectivity index (χ2v) is 27.8. The minimum atomic E-state index is -2.20. The zero-order chi connectivity index (χ0) is 66.6. The summed E-state index contributed by atoms with van der Waals surface area (Å²) in [5, 5.41) is 61.7. The lowest BCUT2D eigenvalue weighted by molar-refractivity contribution is -0.584. The summed E-state index contributed by atoms with van der Waals surface area (Å²) < 4.78 is 81.0. The molecule has 26 heteroatoms. The van der Waals surface area contributed by atoms with E-state index in [1.807, 2.05) is 32.9 Å². The Labute approximate surface area is 536 Å². The molecular formula is C66H94N2O24. The smallest absolute Gasteiger partial charge is 0.407 e. The Bertz CT molecular complexity index is 2930. The van der Waals surface area contributed by atoms with Crippen molar-refractivity contribution in [3.8, 4) is 0 Å². The van der Waals surface area contributed by atoms with Crippen LogP contribution in [0.3, 0.4) is 0 Å². The molecule has 26 nitrogen and oxygen atoms in total. The SMILES string of the molecule is COC(=O)N[C@H]1[C@@H](C)O[C@@H](O[C@H]2C/C=C(\C)[C@@H]3C=C[C@@H]4[C@@H](O[C@H]5C[C@@H](O[C@H]6CCC(O[C@H]7C[C@@H](O)C(O[C@H]8CCC(O)[C@H](C)O8)CO7)[C@H](C)O6)[C@@H](OC(C)=O)[C@H](C)O5)[C@@H](C)C[C@H](C)[C@H]4[C@]3(C)/C(O)=C3\C(=O)OC4(CC(C=O)=C[C@H](O)[C@H]4/C=C/2C)C3=O)C[C@]1(C)[N+](=O)[O-]. The maximum atomic E-state index is 15.6. The van der Waals surface area contributed by atoms with Gasteiger partial charge in [0.15, 0.2) is 43.2 Å². The molecule has 10 rings (SSSR count). The highest BCUT2D eigenvalue weighted by Crippen LogP contribution is 2.61. The molecule has 0 aromatic heterocycles. The van der Waals surface area contributed by atoms with Crippen molar-refractivity contribution in [2.75, 3.05) is 13.7 Å². The molecule has 0 aromatic carbocycles. The lowest BCUT2D eigenvalue weighted by Crippen LogP contribution is -2.65. The highest BCUT2D eigenvalue weighted by molar-refractivity contribution is 6.26. The summed E-state index contributed by atoms with van der Waals surface area (Å²) in [7, 11) is 1.15. The van der Waals surface area contributed by atoms with Gasteiger partial charge in [-0.1, -0.05) is 50.6 Å². The fraction of sp³-hybridized carbons (Fsp3) is 0.773. The van der Waals surface area contributed by atoms with Crippen LogP contribution in [0.15, 0.2) is 58.4 Å². The molecule has 1 saturated carbocycles. The normalized spacial score (nSPS) is 47.7. The van der Waals surface area contributed by atoms with Gasteiger partial charge >= 0.3 is 18.0 Å². The van der Waals surface area contributed by atoms with Crippen LogP contribution in [0.4, 0.5) is 4.79 Å². The van der Waals surface area contributed by atoms with Crippen LogP contribution in [-0.2, 0) is 80.8 Å². The fourth-order valence-corrected chi connectivity index (χ4v) is 16.6. The van der Waals surface area contributed by atoms with Gasteiger partial charge in [-0.15, -0.1) is 0 Å². The van der Waals surface area contributed by atoms with Gasteiger partial charge in [-0.3, -0.25) is 24.5 Å². The maximum absolute atomic E-state index is 15.6. The molecule has 1 spiro atoms. The van der Waals surface area contributed by atoms with E-state index in [1.54, 1.807) is 33.8 Å². The molecule has 92 heavy (non-hydrogen) atoms. The van der Waals surface area contributed by atoms with E-state index in [2.05, 4.69) is 25.2 Å².